The fourth-order valence-corrected chi connectivity index (χ4v) is 4.95. The minimum atomic E-state index is -0.928. The molecule has 0 aromatic carbocycles. The molecule has 0 aliphatic heterocycles. The quantitative estimate of drug-likeness (QED) is 0.630. The third-order valence-corrected chi connectivity index (χ3v) is 4.90. The van der Waals surface area contributed by atoms with E-state index in [0.29, 0.717) is 38.5 Å². The number of ether oxygens (including phenoxy) is 2. The van der Waals surface area contributed by atoms with Crippen molar-refractivity contribution >= 4 is 11.9 Å². The average Bonchev–Trinajstić information content (AvgIpc) is 2.34. The number of esters is 2. The summed E-state index contributed by atoms with van der Waals surface area (Å²) in [6, 6.07) is 0. The fraction of sp³-hybridized carbons (Fsp3) is 0.625. The molecule has 4 aliphatic rings. The van der Waals surface area contributed by atoms with E-state index in [1.54, 1.807) is 0 Å². The Labute approximate surface area is 123 Å². The highest BCUT2D eigenvalue weighted by Crippen LogP contribution is 2.61. The molecule has 4 aliphatic carbocycles. The molecule has 0 spiro atoms. The van der Waals surface area contributed by atoms with Crippen molar-refractivity contribution in [2.45, 2.75) is 55.3 Å². The molecule has 0 heterocycles. The molecule has 5 heteroatoms. The van der Waals surface area contributed by atoms with Gasteiger partial charge in [-0.05, 0) is 25.2 Å². The molecular formula is C16H20O5. The molecule has 0 aromatic rings. The van der Waals surface area contributed by atoms with Crippen LogP contribution in [0.25, 0.3) is 0 Å². The summed E-state index contributed by atoms with van der Waals surface area (Å²) >= 11 is 0. The van der Waals surface area contributed by atoms with Gasteiger partial charge >= 0.3 is 11.9 Å². The lowest BCUT2D eigenvalue weighted by atomic mass is 9.50. The van der Waals surface area contributed by atoms with Crippen LogP contribution in [0.5, 0.6) is 0 Å². The van der Waals surface area contributed by atoms with Crippen molar-refractivity contribution in [2.75, 3.05) is 0 Å². The molecule has 4 bridgehead atoms. The third-order valence-electron chi connectivity index (χ3n) is 4.90. The maximum Gasteiger partial charge on any atom is 0.330 e. The van der Waals surface area contributed by atoms with Crippen LogP contribution >= 0.6 is 0 Å². The first kappa shape index (κ1) is 14.3. The second kappa shape index (κ2) is 4.44. The van der Waals surface area contributed by atoms with Crippen LogP contribution in [0.3, 0.4) is 0 Å². The van der Waals surface area contributed by atoms with E-state index in [1.165, 1.54) is 0 Å². The van der Waals surface area contributed by atoms with E-state index in [9.17, 15) is 14.7 Å². The summed E-state index contributed by atoms with van der Waals surface area (Å²) in [6.45, 7) is 6.84. The van der Waals surface area contributed by atoms with Gasteiger partial charge in [0.05, 0.1) is 5.60 Å². The lowest BCUT2D eigenvalue weighted by Crippen LogP contribution is -2.67. The minimum Gasteiger partial charge on any atom is -0.456 e. The van der Waals surface area contributed by atoms with E-state index in [2.05, 4.69) is 13.2 Å². The molecule has 4 rings (SSSR count). The number of hydrogen-bond acceptors (Lipinski definition) is 5. The van der Waals surface area contributed by atoms with Gasteiger partial charge in [0.15, 0.2) is 0 Å². The van der Waals surface area contributed by atoms with Crippen LogP contribution in [-0.2, 0) is 19.1 Å². The Morgan fingerprint density at radius 3 is 1.81 bits per heavy atom. The Morgan fingerprint density at radius 1 is 0.952 bits per heavy atom. The van der Waals surface area contributed by atoms with Crippen LogP contribution < -0.4 is 0 Å². The molecule has 4 fully saturated rings. The van der Waals surface area contributed by atoms with Gasteiger partial charge < -0.3 is 14.6 Å². The smallest absolute Gasteiger partial charge is 0.330 e. The monoisotopic (exact) mass is 292 g/mol. The first-order valence-electron chi connectivity index (χ1n) is 7.25. The Hall–Kier alpha value is -1.62. The zero-order chi connectivity index (χ0) is 15.3. The summed E-state index contributed by atoms with van der Waals surface area (Å²) in [4.78, 5) is 23.3. The van der Waals surface area contributed by atoms with Crippen LogP contribution in [0.2, 0.25) is 0 Å². The van der Waals surface area contributed by atoms with Gasteiger partial charge in [0.25, 0.3) is 0 Å². The van der Waals surface area contributed by atoms with Crippen molar-refractivity contribution in [2.24, 2.45) is 5.92 Å². The molecule has 0 radical (unpaired) electrons. The second-order valence-electron chi connectivity index (χ2n) is 6.85. The summed E-state index contributed by atoms with van der Waals surface area (Å²) in [5.41, 5.74) is -2.43. The predicted molar refractivity (Wildman–Crippen MR) is 74.2 cm³/mol. The molecule has 2 atom stereocenters. The van der Waals surface area contributed by atoms with Gasteiger partial charge in [0.2, 0.25) is 0 Å². The normalized spacial score (nSPS) is 43.2. The van der Waals surface area contributed by atoms with E-state index in [-0.39, 0.29) is 5.92 Å². The highest BCUT2D eigenvalue weighted by atomic mass is 16.6. The van der Waals surface area contributed by atoms with E-state index >= 15 is 0 Å². The summed E-state index contributed by atoms with van der Waals surface area (Å²) in [5, 5.41) is 10.8. The van der Waals surface area contributed by atoms with Gasteiger partial charge in [-0.25, -0.2) is 9.59 Å². The van der Waals surface area contributed by atoms with Crippen molar-refractivity contribution in [1.82, 2.24) is 0 Å². The van der Waals surface area contributed by atoms with Crippen molar-refractivity contribution < 1.29 is 24.2 Å². The standard InChI is InChI=1S/C16H20O5/c1-3-12(17)20-15-6-11-5-14(19,8-15)9-16(7-11,10-15)21-13(18)4-2/h3-4,11,19H,1-2,5-10H2. The summed E-state index contributed by atoms with van der Waals surface area (Å²) < 4.78 is 11.1. The maximum absolute atomic E-state index is 11.6. The van der Waals surface area contributed by atoms with E-state index in [0.717, 1.165) is 12.2 Å². The Morgan fingerprint density at radius 2 is 1.43 bits per heavy atom. The van der Waals surface area contributed by atoms with Crippen molar-refractivity contribution in [1.29, 1.82) is 0 Å². The van der Waals surface area contributed by atoms with Crippen LogP contribution in [-0.4, -0.2) is 33.8 Å². The fourth-order valence-electron chi connectivity index (χ4n) is 4.95. The number of carbonyl (C=O) groups is 2. The molecule has 0 saturated heterocycles. The van der Waals surface area contributed by atoms with Crippen molar-refractivity contribution in [3.63, 3.8) is 0 Å². The highest BCUT2D eigenvalue weighted by Gasteiger charge is 2.66. The van der Waals surface area contributed by atoms with Crippen molar-refractivity contribution in [3.8, 4) is 0 Å². The summed E-state index contributed by atoms with van der Waals surface area (Å²) in [5.74, 6) is -0.794. The van der Waals surface area contributed by atoms with Gasteiger partial charge in [0.1, 0.15) is 11.2 Å². The molecular weight excluding hydrogens is 272 g/mol. The van der Waals surface area contributed by atoms with Gasteiger partial charge in [-0.15, -0.1) is 0 Å². The second-order valence-corrected chi connectivity index (χ2v) is 6.85. The minimum absolute atomic E-state index is 0.196. The lowest BCUT2D eigenvalue weighted by molar-refractivity contribution is -0.264. The third kappa shape index (κ3) is 2.39. The average molecular weight is 292 g/mol. The zero-order valence-corrected chi connectivity index (χ0v) is 12.0. The Kier molecular flexibility index (Phi) is 3.03. The molecule has 2 unspecified atom stereocenters. The maximum atomic E-state index is 11.6. The summed E-state index contributed by atoms with van der Waals surface area (Å²) in [6.07, 6.45) is 5.61. The van der Waals surface area contributed by atoms with Crippen LogP contribution in [0.15, 0.2) is 25.3 Å². The molecule has 5 nitrogen and oxygen atoms in total. The molecule has 0 amide bonds. The van der Waals surface area contributed by atoms with Gasteiger partial charge in [-0.2, -0.15) is 0 Å². The van der Waals surface area contributed by atoms with Gasteiger partial charge in [-0.3, -0.25) is 0 Å². The molecule has 4 saturated carbocycles. The van der Waals surface area contributed by atoms with Crippen LogP contribution in [0.4, 0.5) is 0 Å². The number of aliphatic hydroxyl groups is 1. The first-order chi connectivity index (χ1) is 9.82. The molecule has 0 aromatic heterocycles. The Bertz CT molecular complexity index is 485. The predicted octanol–water partition coefficient (Wildman–Crippen LogP) is 1.65. The number of carbonyl (C=O) groups excluding carboxylic acids is 2. The van der Waals surface area contributed by atoms with Gasteiger partial charge in [0, 0.05) is 31.4 Å². The lowest BCUT2D eigenvalue weighted by Gasteiger charge is -2.62. The Balaban J connectivity index is 1.91. The van der Waals surface area contributed by atoms with Gasteiger partial charge in [-0.1, -0.05) is 13.2 Å². The topological polar surface area (TPSA) is 72.8 Å². The summed E-state index contributed by atoms with van der Waals surface area (Å²) in [7, 11) is 0. The first-order valence-corrected chi connectivity index (χ1v) is 7.25. The van der Waals surface area contributed by atoms with Crippen LogP contribution in [0, 0.1) is 5.92 Å². The zero-order valence-electron chi connectivity index (χ0n) is 12.0. The highest BCUT2D eigenvalue weighted by molar-refractivity contribution is 5.82. The van der Waals surface area contributed by atoms with Crippen molar-refractivity contribution in [3.05, 3.63) is 25.3 Å². The van der Waals surface area contributed by atoms with E-state index in [4.69, 9.17) is 9.47 Å². The number of rotatable bonds is 4. The molecule has 21 heavy (non-hydrogen) atoms. The molecule has 114 valence electrons. The number of hydrogen-bond donors (Lipinski definition) is 1. The van der Waals surface area contributed by atoms with E-state index in [1.807, 2.05) is 0 Å². The molecule has 1 N–H and O–H groups in total. The van der Waals surface area contributed by atoms with Crippen LogP contribution in [0.1, 0.15) is 38.5 Å². The largest absolute Gasteiger partial charge is 0.456 e. The SMILES string of the molecule is C=CC(=O)OC12CC3CC(O)(C1)CC(OC(=O)C=C)(C3)C2. The van der Waals surface area contributed by atoms with E-state index < -0.39 is 28.7 Å².